The number of hydrazone groups is 1. The Hall–Kier alpha value is -3.31. The van der Waals surface area contributed by atoms with Crippen molar-refractivity contribution in [3.05, 3.63) is 89.2 Å². The minimum Gasteiger partial charge on any atom is -0.260 e. The van der Waals surface area contributed by atoms with Crippen LogP contribution in [-0.4, -0.2) is 15.7 Å². The van der Waals surface area contributed by atoms with Gasteiger partial charge in [0.05, 0.1) is 11.2 Å². The Morgan fingerprint density at radius 3 is 2.39 bits per heavy atom. The molecule has 4 rings (SSSR count). The van der Waals surface area contributed by atoms with Crippen LogP contribution in [0.4, 0.5) is 10.2 Å². The van der Waals surface area contributed by atoms with E-state index in [1.165, 1.54) is 12.1 Å². The lowest BCUT2D eigenvalue weighted by Gasteiger charge is -2.09. The van der Waals surface area contributed by atoms with Crippen LogP contribution >= 0.6 is 11.6 Å². The lowest BCUT2D eigenvalue weighted by molar-refractivity contribution is 0.628. The van der Waals surface area contributed by atoms with Gasteiger partial charge in [0.25, 0.3) is 0 Å². The first-order valence-corrected chi connectivity index (χ1v) is 9.07. The second kappa shape index (κ2) is 7.74. The topological polar surface area (TPSA) is 50.2 Å². The molecule has 4 aromatic rings. The summed E-state index contributed by atoms with van der Waals surface area (Å²) >= 11 is 5.98. The minimum absolute atomic E-state index is 0.279. The van der Waals surface area contributed by atoms with Gasteiger partial charge >= 0.3 is 0 Å². The van der Waals surface area contributed by atoms with Crippen LogP contribution in [0.2, 0.25) is 5.02 Å². The number of aromatic nitrogens is 2. The number of nitrogens with zero attached hydrogens (tertiary/aromatic N) is 3. The Kier molecular flexibility index (Phi) is 5.00. The van der Waals surface area contributed by atoms with Crippen molar-refractivity contribution in [3.63, 3.8) is 0 Å². The van der Waals surface area contributed by atoms with E-state index >= 15 is 0 Å². The van der Waals surface area contributed by atoms with E-state index in [1.54, 1.807) is 24.3 Å². The summed E-state index contributed by atoms with van der Waals surface area (Å²) in [5.41, 5.74) is 6.25. The third kappa shape index (κ3) is 3.85. The summed E-state index contributed by atoms with van der Waals surface area (Å²) in [4.78, 5) is 9.29. The largest absolute Gasteiger partial charge is 0.260 e. The highest BCUT2D eigenvalue weighted by molar-refractivity contribution is 6.30. The van der Waals surface area contributed by atoms with Gasteiger partial charge in [-0.2, -0.15) is 5.10 Å². The van der Waals surface area contributed by atoms with Crippen molar-refractivity contribution in [3.8, 4) is 11.4 Å². The Morgan fingerprint density at radius 1 is 0.929 bits per heavy atom. The van der Waals surface area contributed by atoms with Gasteiger partial charge in [0.15, 0.2) is 11.6 Å². The minimum atomic E-state index is -0.279. The molecule has 1 N–H and O–H groups in total. The average molecular weight is 391 g/mol. The highest BCUT2D eigenvalue weighted by Gasteiger charge is 2.09. The maximum atomic E-state index is 13.1. The number of anilines is 1. The molecule has 28 heavy (non-hydrogen) atoms. The normalized spacial score (nSPS) is 11.6. The lowest BCUT2D eigenvalue weighted by Crippen LogP contribution is -2.03. The van der Waals surface area contributed by atoms with Gasteiger partial charge < -0.3 is 0 Å². The van der Waals surface area contributed by atoms with Crippen LogP contribution in [-0.2, 0) is 0 Å². The molecule has 0 aliphatic carbocycles. The van der Waals surface area contributed by atoms with Gasteiger partial charge in [0.1, 0.15) is 5.82 Å². The second-order valence-corrected chi connectivity index (χ2v) is 6.67. The SMILES string of the molecule is CC(=NNc1nc(-c2ccc(Cl)cc2)nc2ccccc12)c1ccc(F)cc1. The summed E-state index contributed by atoms with van der Waals surface area (Å²) in [5.74, 6) is 0.892. The van der Waals surface area contributed by atoms with E-state index in [-0.39, 0.29) is 5.82 Å². The molecule has 0 bridgehead atoms. The number of benzene rings is 3. The summed E-state index contributed by atoms with van der Waals surface area (Å²) in [6.45, 7) is 1.85. The van der Waals surface area contributed by atoms with Gasteiger partial charge in [0, 0.05) is 16.0 Å². The molecule has 4 nitrogen and oxygen atoms in total. The monoisotopic (exact) mass is 390 g/mol. The van der Waals surface area contributed by atoms with Crippen LogP contribution in [0.15, 0.2) is 77.9 Å². The lowest BCUT2D eigenvalue weighted by atomic mass is 10.1. The first-order chi connectivity index (χ1) is 13.6. The molecule has 0 fully saturated rings. The number of rotatable bonds is 4. The van der Waals surface area contributed by atoms with Crippen molar-refractivity contribution in [1.29, 1.82) is 0 Å². The summed E-state index contributed by atoms with van der Waals surface area (Å²) in [7, 11) is 0. The predicted molar refractivity (Wildman–Crippen MR) is 112 cm³/mol. The zero-order chi connectivity index (χ0) is 19.5. The Bertz CT molecular complexity index is 1160. The number of hydrogen-bond donors (Lipinski definition) is 1. The quantitative estimate of drug-likeness (QED) is 0.347. The highest BCUT2D eigenvalue weighted by Crippen LogP contribution is 2.25. The van der Waals surface area contributed by atoms with Crippen molar-refractivity contribution in [1.82, 2.24) is 9.97 Å². The molecular weight excluding hydrogens is 375 g/mol. The predicted octanol–water partition coefficient (Wildman–Crippen LogP) is 5.93. The standard InChI is InChI=1S/C22H16ClFN4/c1-14(15-8-12-18(24)13-9-15)27-28-22-19-4-2-3-5-20(19)25-21(26-22)16-6-10-17(23)11-7-16/h2-13H,1H3,(H,25,26,28). The molecule has 0 radical (unpaired) electrons. The van der Waals surface area contributed by atoms with E-state index < -0.39 is 0 Å². The van der Waals surface area contributed by atoms with E-state index in [1.807, 2.05) is 43.3 Å². The number of para-hydroxylation sites is 1. The second-order valence-electron chi connectivity index (χ2n) is 6.24. The maximum absolute atomic E-state index is 13.1. The van der Waals surface area contributed by atoms with Crippen molar-refractivity contribution >= 4 is 34.0 Å². The fourth-order valence-corrected chi connectivity index (χ4v) is 2.91. The molecule has 6 heteroatoms. The first kappa shape index (κ1) is 18.1. The fourth-order valence-electron chi connectivity index (χ4n) is 2.78. The van der Waals surface area contributed by atoms with Crippen LogP contribution in [0.5, 0.6) is 0 Å². The molecule has 1 aromatic heterocycles. The molecule has 0 aliphatic rings. The summed E-state index contributed by atoms with van der Waals surface area (Å²) in [6, 6.07) is 21.3. The molecule has 0 spiro atoms. The van der Waals surface area contributed by atoms with Crippen LogP contribution in [0.25, 0.3) is 22.3 Å². The Balaban J connectivity index is 1.73. The maximum Gasteiger partial charge on any atom is 0.162 e. The van der Waals surface area contributed by atoms with E-state index in [2.05, 4.69) is 20.5 Å². The van der Waals surface area contributed by atoms with E-state index in [9.17, 15) is 4.39 Å². The third-order valence-corrected chi connectivity index (χ3v) is 4.55. The van der Waals surface area contributed by atoms with Gasteiger partial charge in [-0.3, -0.25) is 5.43 Å². The van der Waals surface area contributed by atoms with E-state index in [0.29, 0.717) is 16.7 Å². The van der Waals surface area contributed by atoms with Crippen molar-refractivity contribution < 1.29 is 4.39 Å². The van der Waals surface area contributed by atoms with Crippen molar-refractivity contribution in [2.45, 2.75) is 6.92 Å². The number of hydrogen-bond acceptors (Lipinski definition) is 4. The molecular formula is C22H16ClFN4. The number of fused-ring (bicyclic) bond motifs is 1. The van der Waals surface area contributed by atoms with Crippen LogP contribution in [0.3, 0.4) is 0 Å². The number of halogens is 2. The van der Waals surface area contributed by atoms with Gasteiger partial charge in [-0.15, -0.1) is 0 Å². The van der Waals surface area contributed by atoms with Gasteiger partial charge in [-0.25, -0.2) is 14.4 Å². The smallest absolute Gasteiger partial charge is 0.162 e. The average Bonchev–Trinajstić information content (AvgIpc) is 2.72. The Labute approximate surface area is 166 Å². The van der Waals surface area contributed by atoms with Gasteiger partial charge in [-0.05, 0) is 61.0 Å². The molecule has 0 unspecified atom stereocenters. The van der Waals surface area contributed by atoms with E-state index in [0.717, 1.165) is 27.7 Å². The zero-order valence-corrected chi connectivity index (χ0v) is 15.8. The molecule has 0 aliphatic heterocycles. The molecule has 1 heterocycles. The van der Waals surface area contributed by atoms with E-state index in [4.69, 9.17) is 11.6 Å². The van der Waals surface area contributed by atoms with Crippen molar-refractivity contribution in [2.24, 2.45) is 5.10 Å². The van der Waals surface area contributed by atoms with Crippen LogP contribution in [0.1, 0.15) is 12.5 Å². The molecule has 138 valence electrons. The molecule has 0 amide bonds. The first-order valence-electron chi connectivity index (χ1n) is 8.69. The highest BCUT2D eigenvalue weighted by atomic mass is 35.5. The molecule has 3 aromatic carbocycles. The Morgan fingerprint density at radius 2 is 1.64 bits per heavy atom. The van der Waals surface area contributed by atoms with Crippen molar-refractivity contribution in [2.75, 3.05) is 5.43 Å². The summed E-state index contributed by atoms with van der Waals surface area (Å²) < 4.78 is 13.1. The molecule has 0 saturated carbocycles. The number of nitrogens with one attached hydrogen (secondary N) is 1. The summed E-state index contributed by atoms with van der Waals surface area (Å²) in [5, 5.41) is 5.94. The summed E-state index contributed by atoms with van der Waals surface area (Å²) in [6.07, 6.45) is 0. The van der Waals surface area contributed by atoms with Crippen LogP contribution < -0.4 is 5.43 Å². The zero-order valence-electron chi connectivity index (χ0n) is 15.0. The van der Waals surface area contributed by atoms with Crippen LogP contribution in [0, 0.1) is 5.82 Å². The third-order valence-electron chi connectivity index (χ3n) is 4.30. The molecule has 0 atom stereocenters. The van der Waals surface area contributed by atoms with Gasteiger partial charge in [0.2, 0.25) is 0 Å². The molecule has 0 saturated heterocycles. The fraction of sp³-hybridized carbons (Fsp3) is 0.0455. The van der Waals surface area contributed by atoms with Gasteiger partial charge in [-0.1, -0.05) is 35.9 Å².